The fraction of sp³-hybridized carbons (Fsp3) is 0.250. The predicted octanol–water partition coefficient (Wildman–Crippen LogP) is 4.95. The molecule has 3 rings (SSSR count). The average molecular weight is 370 g/mol. The number of ether oxygens (including phenoxy) is 1. The van der Waals surface area contributed by atoms with Crippen LogP contribution in [0.5, 0.6) is 0 Å². The Hall–Kier alpha value is -2.60. The molecule has 3 aromatic rings. The SMILES string of the molecule is CCCC(=O)OC(C)(c1ccncc1)c1cnc(-c2ccc(F)cc2)s1. The van der Waals surface area contributed by atoms with Gasteiger partial charge in [0.1, 0.15) is 10.8 Å². The van der Waals surface area contributed by atoms with Crippen molar-refractivity contribution >= 4 is 17.3 Å². The van der Waals surface area contributed by atoms with Gasteiger partial charge in [0.25, 0.3) is 0 Å². The fourth-order valence-corrected chi connectivity index (χ4v) is 3.65. The van der Waals surface area contributed by atoms with E-state index in [-0.39, 0.29) is 11.8 Å². The van der Waals surface area contributed by atoms with Gasteiger partial charge in [-0.05, 0) is 49.7 Å². The van der Waals surface area contributed by atoms with Crippen molar-refractivity contribution < 1.29 is 13.9 Å². The number of rotatable bonds is 6. The Kier molecular flexibility index (Phi) is 5.42. The van der Waals surface area contributed by atoms with Gasteiger partial charge in [0.05, 0.1) is 4.88 Å². The number of carbonyl (C=O) groups is 1. The first-order valence-electron chi connectivity index (χ1n) is 8.37. The van der Waals surface area contributed by atoms with E-state index in [9.17, 15) is 9.18 Å². The third kappa shape index (κ3) is 3.80. The highest BCUT2D eigenvalue weighted by molar-refractivity contribution is 7.15. The van der Waals surface area contributed by atoms with E-state index >= 15 is 0 Å². The lowest BCUT2D eigenvalue weighted by molar-refractivity contribution is -0.155. The molecule has 1 atom stereocenters. The molecule has 0 aliphatic heterocycles. The smallest absolute Gasteiger partial charge is 0.307 e. The second-order valence-corrected chi connectivity index (χ2v) is 7.06. The van der Waals surface area contributed by atoms with Crippen LogP contribution in [0.3, 0.4) is 0 Å². The number of benzene rings is 1. The Morgan fingerprint density at radius 1 is 1.19 bits per heavy atom. The van der Waals surface area contributed by atoms with Crippen LogP contribution in [0.15, 0.2) is 55.0 Å². The first kappa shape index (κ1) is 18.2. The molecule has 0 fully saturated rings. The number of aromatic nitrogens is 2. The second-order valence-electron chi connectivity index (χ2n) is 6.03. The van der Waals surface area contributed by atoms with Crippen LogP contribution in [0.25, 0.3) is 10.6 Å². The van der Waals surface area contributed by atoms with Crippen molar-refractivity contribution in [3.05, 3.63) is 71.2 Å². The number of thiazole rings is 1. The van der Waals surface area contributed by atoms with Crippen LogP contribution in [-0.2, 0) is 15.1 Å². The monoisotopic (exact) mass is 370 g/mol. The molecule has 0 aliphatic carbocycles. The molecular formula is C20H19FN2O2S. The third-order valence-corrected chi connectivity index (χ3v) is 5.32. The predicted molar refractivity (Wildman–Crippen MR) is 99.2 cm³/mol. The van der Waals surface area contributed by atoms with Gasteiger partial charge < -0.3 is 4.74 Å². The maximum atomic E-state index is 13.2. The Labute approximate surface area is 155 Å². The van der Waals surface area contributed by atoms with Gasteiger partial charge in [-0.1, -0.05) is 6.92 Å². The van der Waals surface area contributed by atoms with Gasteiger partial charge >= 0.3 is 5.97 Å². The number of pyridine rings is 1. The highest BCUT2D eigenvalue weighted by Gasteiger charge is 2.35. The van der Waals surface area contributed by atoms with Crippen LogP contribution < -0.4 is 0 Å². The number of nitrogens with zero attached hydrogens (tertiary/aromatic N) is 2. The van der Waals surface area contributed by atoms with Crippen molar-refractivity contribution in [1.82, 2.24) is 9.97 Å². The minimum atomic E-state index is -0.953. The van der Waals surface area contributed by atoms with Gasteiger partial charge in [0.15, 0.2) is 5.60 Å². The lowest BCUT2D eigenvalue weighted by Crippen LogP contribution is -2.29. The molecule has 4 nitrogen and oxygen atoms in total. The molecule has 0 amide bonds. The van der Waals surface area contributed by atoms with Crippen molar-refractivity contribution in [2.24, 2.45) is 0 Å². The minimum absolute atomic E-state index is 0.261. The van der Waals surface area contributed by atoms with Gasteiger partial charge in [-0.2, -0.15) is 0 Å². The van der Waals surface area contributed by atoms with E-state index in [0.717, 1.165) is 27.4 Å². The van der Waals surface area contributed by atoms with Crippen molar-refractivity contribution in [3.8, 4) is 10.6 Å². The first-order chi connectivity index (χ1) is 12.5. The highest BCUT2D eigenvalue weighted by atomic mass is 32.1. The highest BCUT2D eigenvalue weighted by Crippen LogP contribution is 2.39. The summed E-state index contributed by atoms with van der Waals surface area (Å²) < 4.78 is 19.0. The van der Waals surface area contributed by atoms with E-state index < -0.39 is 5.60 Å². The molecule has 0 spiro atoms. The van der Waals surface area contributed by atoms with E-state index in [1.165, 1.54) is 23.5 Å². The molecule has 0 saturated heterocycles. The summed E-state index contributed by atoms with van der Waals surface area (Å²) in [6, 6.07) is 9.84. The summed E-state index contributed by atoms with van der Waals surface area (Å²) in [5, 5.41) is 0.742. The van der Waals surface area contributed by atoms with Gasteiger partial charge in [0.2, 0.25) is 0 Å². The summed E-state index contributed by atoms with van der Waals surface area (Å²) in [6.45, 7) is 3.79. The van der Waals surface area contributed by atoms with Crippen LogP contribution in [0.1, 0.15) is 37.1 Å². The zero-order valence-electron chi connectivity index (χ0n) is 14.6. The number of halogens is 1. The van der Waals surface area contributed by atoms with Crippen molar-refractivity contribution in [1.29, 1.82) is 0 Å². The molecule has 134 valence electrons. The summed E-state index contributed by atoms with van der Waals surface area (Å²) in [4.78, 5) is 21.5. The maximum absolute atomic E-state index is 13.2. The number of hydrogen-bond donors (Lipinski definition) is 0. The normalized spacial score (nSPS) is 13.2. The lowest BCUT2D eigenvalue weighted by atomic mass is 9.95. The summed E-state index contributed by atoms with van der Waals surface area (Å²) in [6.07, 6.45) is 6.12. The largest absolute Gasteiger partial charge is 0.449 e. The summed E-state index contributed by atoms with van der Waals surface area (Å²) in [5.41, 5.74) is 0.691. The van der Waals surface area contributed by atoms with Gasteiger partial charge in [-0.25, -0.2) is 9.37 Å². The van der Waals surface area contributed by atoms with Crippen LogP contribution in [0.2, 0.25) is 0 Å². The van der Waals surface area contributed by atoms with Crippen molar-refractivity contribution in [2.45, 2.75) is 32.3 Å². The van der Waals surface area contributed by atoms with E-state index in [1.54, 1.807) is 30.7 Å². The van der Waals surface area contributed by atoms with E-state index in [4.69, 9.17) is 4.74 Å². The molecule has 0 aliphatic rings. The van der Waals surface area contributed by atoms with Gasteiger partial charge in [-0.15, -0.1) is 11.3 Å². The van der Waals surface area contributed by atoms with Crippen molar-refractivity contribution in [3.63, 3.8) is 0 Å². The fourth-order valence-electron chi connectivity index (χ4n) is 2.62. The van der Waals surface area contributed by atoms with Crippen LogP contribution >= 0.6 is 11.3 Å². The Morgan fingerprint density at radius 2 is 1.88 bits per heavy atom. The van der Waals surface area contributed by atoms with E-state index in [0.29, 0.717) is 6.42 Å². The first-order valence-corrected chi connectivity index (χ1v) is 9.19. The van der Waals surface area contributed by atoms with Crippen molar-refractivity contribution in [2.75, 3.05) is 0 Å². The van der Waals surface area contributed by atoms with E-state index in [1.807, 2.05) is 26.0 Å². The Bertz CT molecular complexity index is 880. The maximum Gasteiger partial charge on any atom is 0.307 e. The van der Waals surface area contributed by atoms with Crippen LogP contribution in [0, 0.1) is 5.82 Å². The lowest BCUT2D eigenvalue weighted by Gasteiger charge is -2.28. The standard InChI is InChI=1S/C20H19FN2O2S/c1-3-4-18(24)25-20(2,15-9-11-22-12-10-15)17-13-23-19(26-17)14-5-7-16(21)8-6-14/h5-13H,3-4H2,1-2H3. The number of hydrogen-bond acceptors (Lipinski definition) is 5. The Balaban J connectivity index is 2.00. The summed E-state index contributed by atoms with van der Waals surface area (Å²) >= 11 is 1.42. The molecular weight excluding hydrogens is 351 g/mol. The molecule has 2 heterocycles. The molecule has 2 aromatic heterocycles. The third-order valence-electron chi connectivity index (χ3n) is 4.07. The topological polar surface area (TPSA) is 52.1 Å². The molecule has 0 bridgehead atoms. The molecule has 1 aromatic carbocycles. The summed E-state index contributed by atoms with van der Waals surface area (Å²) in [5.74, 6) is -0.552. The zero-order valence-corrected chi connectivity index (χ0v) is 15.4. The second kappa shape index (κ2) is 7.74. The molecule has 0 N–H and O–H groups in total. The zero-order chi connectivity index (χ0) is 18.6. The average Bonchev–Trinajstić information content (AvgIpc) is 3.14. The molecule has 26 heavy (non-hydrogen) atoms. The molecule has 0 radical (unpaired) electrons. The minimum Gasteiger partial charge on any atom is -0.449 e. The van der Waals surface area contributed by atoms with Gasteiger partial charge in [0, 0.05) is 36.1 Å². The molecule has 0 saturated carbocycles. The van der Waals surface area contributed by atoms with Crippen LogP contribution in [-0.4, -0.2) is 15.9 Å². The Morgan fingerprint density at radius 3 is 2.54 bits per heavy atom. The van der Waals surface area contributed by atoms with Crippen LogP contribution in [0.4, 0.5) is 4.39 Å². The van der Waals surface area contributed by atoms with Gasteiger partial charge in [-0.3, -0.25) is 9.78 Å². The number of carbonyl (C=O) groups excluding carboxylic acids is 1. The quantitative estimate of drug-likeness (QED) is 0.576. The van der Waals surface area contributed by atoms with E-state index in [2.05, 4.69) is 9.97 Å². The molecule has 6 heteroatoms. The molecule has 1 unspecified atom stereocenters. The summed E-state index contributed by atoms with van der Waals surface area (Å²) in [7, 11) is 0. The number of esters is 1.